The first-order chi connectivity index (χ1) is 15.0. The van der Waals surface area contributed by atoms with E-state index in [0.717, 1.165) is 4.88 Å². The van der Waals surface area contributed by atoms with Gasteiger partial charge in [-0.3, -0.25) is 9.59 Å². The van der Waals surface area contributed by atoms with Crippen molar-refractivity contribution < 1.29 is 19.4 Å². The minimum atomic E-state index is -0.677. The Balaban J connectivity index is 1.74. The Hall–Kier alpha value is -3.38. The SMILES string of the molecule is CC(C)C(=O)C1=C(O)C(=O)N(Cc2cccs2)C1c1cccc(Oc2ccccc2)c1. The second-order valence-corrected chi connectivity index (χ2v) is 8.72. The van der Waals surface area contributed by atoms with E-state index in [1.807, 2.05) is 72.1 Å². The number of amides is 1. The van der Waals surface area contributed by atoms with E-state index in [1.54, 1.807) is 18.7 Å². The Kier molecular flexibility index (Phi) is 5.91. The van der Waals surface area contributed by atoms with Gasteiger partial charge in [0.25, 0.3) is 5.91 Å². The number of aliphatic hydroxyl groups is 1. The Morgan fingerprint density at radius 2 is 1.81 bits per heavy atom. The first-order valence-electron chi connectivity index (χ1n) is 10.1. The number of aliphatic hydroxyl groups excluding tert-OH is 1. The van der Waals surface area contributed by atoms with Crippen molar-refractivity contribution >= 4 is 23.0 Å². The lowest BCUT2D eigenvalue weighted by Crippen LogP contribution is -2.30. The Bertz CT molecular complexity index is 1120. The zero-order valence-corrected chi connectivity index (χ0v) is 18.1. The number of carbonyl (C=O) groups is 2. The van der Waals surface area contributed by atoms with Gasteiger partial charge in [0.1, 0.15) is 11.5 Å². The number of thiophene rings is 1. The molecule has 158 valence electrons. The third kappa shape index (κ3) is 4.25. The van der Waals surface area contributed by atoms with Crippen molar-refractivity contribution in [2.24, 2.45) is 5.92 Å². The maximum atomic E-state index is 13.0. The first kappa shape index (κ1) is 20.9. The lowest BCUT2D eigenvalue weighted by molar-refractivity contribution is -0.130. The largest absolute Gasteiger partial charge is 0.503 e. The van der Waals surface area contributed by atoms with E-state index in [4.69, 9.17) is 4.74 Å². The van der Waals surface area contributed by atoms with Gasteiger partial charge < -0.3 is 14.7 Å². The molecule has 1 amide bonds. The van der Waals surface area contributed by atoms with Crippen molar-refractivity contribution in [1.82, 2.24) is 4.90 Å². The van der Waals surface area contributed by atoms with Crippen molar-refractivity contribution in [3.05, 3.63) is 93.9 Å². The van der Waals surface area contributed by atoms with Gasteiger partial charge in [-0.25, -0.2) is 0 Å². The molecule has 0 saturated heterocycles. The number of hydrogen-bond donors (Lipinski definition) is 1. The third-order valence-corrected chi connectivity index (χ3v) is 6.01. The highest BCUT2D eigenvalue weighted by atomic mass is 32.1. The van der Waals surface area contributed by atoms with Crippen molar-refractivity contribution in [3.63, 3.8) is 0 Å². The summed E-state index contributed by atoms with van der Waals surface area (Å²) in [7, 11) is 0. The average Bonchev–Trinajstić information content (AvgIpc) is 3.36. The highest BCUT2D eigenvalue weighted by molar-refractivity contribution is 7.09. The van der Waals surface area contributed by atoms with E-state index in [1.165, 1.54) is 11.3 Å². The first-order valence-corrected chi connectivity index (χ1v) is 11.0. The highest BCUT2D eigenvalue weighted by Gasteiger charge is 2.44. The minimum Gasteiger partial charge on any atom is -0.503 e. The summed E-state index contributed by atoms with van der Waals surface area (Å²) in [6, 6.07) is 19.9. The van der Waals surface area contributed by atoms with Gasteiger partial charge in [0.15, 0.2) is 11.5 Å². The van der Waals surface area contributed by atoms with Gasteiger partial charge in [-0.05, 0) is 41.3 Å². The molecule has 1 aliphatic rings. The second kappa shape index (κ2) is 8.78. The maximum Gasteiger partial charge on any atom is 0.290 e. The van der Waals surface area contributed by atoms with Crippen LogP contribution in [0.2, 0.25) is 0 Å². The predicted molar refractivity (Wildman–Crippen MR) is 120 cm³/mol. The van der Waals surface area contributed by atoms with Crippen LogP contribution >= 0.6 is 11.3 Å². The molecule has 1 aromatic heterocycles. The van der Waals surface area contributed by atoms with Gasteiger partial charge in [-0.2, -0.15) is 0 Å². The van der Waals surface area contributed by atoms with Gasteiger partial charge >= 0.3 is 0 Å². The van der Waals surface area contributed by atoms with Crippen LogP contribution in [0.3, 0.4) is 0 Å². The van der Waals surface area contributed by atoms with E-state index in [2.05, 4.69) is 0 Å². The van der Waals surface area contributed by atoms with E-state index < -0.39 is 17.7 Å². The van der Waals surface area contributed by atoms with Crippen LogP contribution in [0.5, 0.6) is 11.5 Å². The van der Waals surface area contributed by atoms with E-state index in [9.17, 15) is 14.7 Å². The number of carbonyl (C=O) groups excluding carboxylic acids is 2. The number of ether oxygens (including phenoxy) is 1. The van der Waals surface area contributed by atoms with Gasteiger partial charge in [0.2, 0.25) is 0 Å². The molecule has 6 heteroatoms. The lowest BCUT2D eigenvalue weighted by Gasteiger charge is -2.27. The van der Waals surface area contributed by atoms with Gasteiger partial charge in [-0.1, -0.05) is 50.2 Å². The van der Waals surface area contributed by atoms with Crippen molar-refractivity contribution in [2.45, 2.75) is 26.4 Å². The summed E-state index contributed by atoms with van der Waals surface area (Å²) in [5.74, 6) is -0.298. The summed E-state index contributed by atoms with van der Waals surface area (Å²) in [5.41, 5.74) is 0.861. The van der Waals surface area contributed by atoms with Crippen molar-refractivity contribution in [2.75, 3.05) is 0 Å². The molecular formula is C25H23NO4S. The number of hydrogen-bond acceptors (Lipinski definition) is 5. The van der Waals surface area contributed by atoms with Crippen LogP contribution in [-0.4, -0.2) is 21.7 Å². The molecule has 0 fully saturated rings. The van der Waals surface area contributed by atoms with E-state index in [-0.39, 0.29) is 17.3 Å². The molecule has 1 aliphatic heterocycles. The van der Waals surface area contributed by atoms with Crippen LogP contribution < -0.4 is 4.74 Å². The third-order valence-electron chi connectivity index (χ3n) is 5.15. The van der Waals surface area contributed by atoms with Crippen LogP contribution in [0.4, 0.5) is 0 Å². The fraction of sp³-hybridized carbons (Fsp3) is 0.200. The molecule has 0 radical (unpaired) electrons. The highest BCUT2D eigenvalue weighted by Crippen LogP contribution is 2.41. The van der Waals surface area contributed by atoms with E-state index in [0.29, 0.717) is 23.6 Å². The van der Waals surface area contributed by atoms with Crippen LogP contribution in [0.25, 0.3) is 0 Å². The van der Waals surface area contributed by atoms with E-state index >= 15 is 0 Å². The number of ketones is 1. The molecule has 0 aliphatic carbocycles. The number of para-hydroxylation sites is 1. The summed E-state index contributed by atoms with van der Waals surface area (Å²) in [6.07, 6.45) is 0. The van der Waals surface area contributed by atoms with Gasteiger partial charge in [0.05, 0.1) is 18.2 Å². The monoisotopic (exact) mass is 433 g/mol. The summed E-state index contributed by atoms with van der Waals surface area (Å²) < 4.78 is 5.95. The molecule has 0 saturated carbocycles. The number of rotatable bonds is 7. The smallest absolute Gasteiger partial charge is 0.290 e. The summed E-state index contributed by atoms with van der Waals surface area (Å²) in [6.45, 7) is 3.84. The fourth-order valence-electron chi connectivity index (χ4n) is 3.67. The molecule has 0 bridgehead atoms. The van der Waals surface area contributed by atoms with Crippen LogP contribution in [0, 0.1) is 5.92 Å². The second-order valence-electron chi connectivity index (χ2n) is 7.68. The molecule has 0 spiro atoms. The maximum absolute atomic E-state index is 13.0. The van der Waals surface area contributed by atoms with Crippen LogP contribution in [0.15, 0.2) is 83.4 Å². The number of Topliss-reactive ketones (excluding diaryl/α,β-unsaturated/α-hetero) is 1. The molecule has 5 nitrogen and oxygen atoms in total. The molecule has 2 heterocycles. The lowest BCUT2D eigenvalue weighted by atomic mass is 9.91. The predicted octanol–water partition coefficient (Wildman–Crippen LogP) is 5.66. The summed E-state index contributed by atoms with van der Waals surface area (Å²) in [4.78, 5) is 28.5. The normalized spacial score (nSPS) is 16.3. The molecule has 4 rings (SSSR count). The molecule has 3 aromatic rings. The topological polar surface area (TPSA) is 66.8 Å². The quantitative estimate of drug-likeness (QED) is 0.522. The standard InChI is InChI=1S/C25H23NO4S/c1-16(2)23(27)21-22(26(25(29)24(21)28)15-20-12-7-13-31-20)17-8-6-11-19(14-17)30-18-9-4-3-5-10-18/h3-14,16,22,28H,15H2,1-2H3. The Morgan fingerprint density at radius 1 is 1.06 bits per heavy atom. The molecule has 1 unspecified atom stereocenters. The van der Waals surface area contributed by atoms with Crippen molar-refractivity contribution in [1.29, 1.82) is 0 Å². The summed E-state index contributed by atoms with van der Waals surface area (Å²) in [5, 5.41) is 12.6. The fourth-order valence-corrected chi connectivity index (χ4v) is 4.37. The van der Waals surface area contributed by atoms with Crippen LogP contribution in [0.1, 0.15) is 30.3 Å². The minimum absolute atomic E-state index is 0.147. The number of nitrogens with zero attached hydrogens (tertiary/aromatic N) is 1. The molecular weight excluding hydrogens is 410 g/mol. The van der Waals surface area contributed by atoms with Gasteiger partial charge in [-0.15, -0.1) is 11.3 Å². The number of benzene rings is 2. The molecule has 31 heavy (non-hydrogen) atoms. The summed E-state index contributed by atoms with van der Waals surface area (Å²) >= 11 is 1.53. The molecule has 2 aromatic carbocycles. The average molecular weight is 434 g/mol. The van der Waals surface area contributed by atoms with Gasteiger partial charge in [0, 0.05) is 10.8 Å². The van der Waals surface area contributed by atoms with Crippen molar-refractivity contribution in [3.8, 4) is 11.5 Å². The molecule has 1 atom stereocenters. The Labute approximate surface area is 185 Å². The zero-order valence-electron chi connectivity index (χ0n) is 17.3. The zero-order chi connectivity index (χ0) is 22.0. The molecule has 1 N–H and O–H groups in total. The van der Waals surface area contributed by atoms with Crippen LogP contribution in [-0.2, 0) is 16.1 Å². The Morgan fingerprint density at radius 3 is 2.48 bits per heavy atom.